The van der Waals surface area contributed by atoms with E-state index in [2.05, 4.69) is 31.0 Å². The summed E-state index contributed by atoms with van der Waals surface area (Å²) in [4.78, 5) is 16.4. The highest BCUT2D eigenvalue weighted by molar-refractivity contribution is 6.30. The quantitative estimate of drug-likeness (QED) is 0.739. The maximum atomic E-state index is 12.2. The SMILES string of the molecule is Cc1nc([C@H](NC(=O)Cn2cnnn2)c2ccc(Cl)cc2)no1. The van der Waals surface area contributed by atoms with Crippen LogP contribution in [0.4, 0.5) is 0 Å². The predicted octanol–water partition coefficient (Wildman–Crippen LogP) is 0.924. The van der Waals surface area contributed by atoms with E-state index >= 15 is 0 Å². The zero-order chi connectivity index (χ0) is 16.2. The molecule has 9 nitrogen and oxygen atoms in total. The summed E-state index contributed by atoms with van der Waals surface area (Å²) in [6.45, 7) is 1.66. The molecule has 0 spiro atoms. The number of nitrogens with one attached hydrogen (secondary N) is 1. The Balaban J connectivity index is 1.83. The zero-order valence-corrected chi connectivity index (χ0v) is 12.8. The molecule has 0 radical (unpaired) electrons. The first-order chi connectivity index (χ1) is 11.1. The van der Waals surface area contributed by atoms with Crippen LogP contribution in [0.15, 0.2) is 35.1 Å². The van der Waals surface area contributed by atoms with Crippen LogP contribution in [0.2, 0.25) is 5.02 Å². The summed E-state index contributed by atoms with van der Waals surface area (Å²) >= 11 is 5.90. The summed E-state index contributed by atoms with van der Waals surface area (Å²) in [6, 6.07) is 6.47. The van der Waals surface area contributed by atoms with E-state index in [1.54, 1.807) is 31.2 Å². The van der Waals surface area contributed by atoms with E-state index in [-0.39, 0.29) is 12.5 Å². The summed E-state index contributed by atoms with van der Waals surface area (Å²) in [5.41, 5.74) is 0.778. The van der Waals surface area contributed by atoms with Gasteiger partial charge in [-0.25, -0.2) is 4.68 Å². The molecule has 0 fully saturated rings. The Morgan fingerprint density at radius 3 is 2.78 bits per heavy atom. The molecule has 2 aromatic heterocycles. The molecule has 1 amide bonds. The van der Waals surface area contributed by atoms with E-state index in [1.807, 2.05) is 0 Å². The number of halogens is 1. The first kappa shape index (κ1) is 15.1. The lowest BCUT2D eigenvalue weighted by Crippen LogP contribution is -2.33. The summed E-state index contributed by atoms with van der Waals surface area (Å²) < 4.78 is 6.32. The lowest BCUT2D eigenvalue weighted by Gasteiger charge is -2.15. The van der Waals surface area contributed by atoms with Gasteiger partial charge in [0.15, 0.2) is 5.82 Å². The summed E-state index contributed by atoms with van der Waals surface area (Å²) in [7, 11) is 0. The van der Waals surface area contributed by atoms with Crippen molar-refractivity contribution in [3.8, 4) is 0 Å². The second-order valence-electron chi connectivity index (χ2n) is 4.73. The molecule has 1 atom stereocenters. The van der Waals surface area contributed by atoms with E-state index in [0.717, 1.165) is 5.56 Å². The Labute approximate surface area is 135 Å². The fourth-order valence-electron chi connectivity index (χ4n) is 1.99. The molecule has 0 saturated heterocycles. The second kappa shape index (κ2) is 6.53. The molecule has 118 valence electrons. The van der Waals surface area contributed by atoms with Gasteiger partial charge in [0.1, 0.15) is 18.9 Å². The maximum absolute atomic E-state index is 12.2. The van der Waals surface area contributed by atoms with Crippen LogP contribution in [0.25, 0.3) is 0 Å². The number of hydrogen-bond acceptors (Lipinski definition) is 7. The summed E-state index contributed by atoms with van der Waals surface area (Å²) in [6.07, 6.45) is 1.36. The number of aryl methyl sites for hydroxylation is 1. The highest BCUT2D eigenvalue weighted by atomic mass is 35.5. The molecule has 0 aliphatic rings. The number of amides is 1. The van der Waals surface area contributed by atoms with Gasteiger partial charge in [0.25, 0.3) is 0 Å². The number of benzene rings is 1. The van der Waals surface area contributed by atoms with Crippen molar-refractivity contribution in [1.82, 2.24) is 35.7 Å². The first-order valence-electron chi connectivity index (χ1n) is 6.67. The van der Waals surface area contributed by atoms with Crippen molar-refractivity contribution in [1.29, 1.82) is 0 Å². The highest BCUT2D eigenvalue weighted by Crippen LogP contribution is 2.21. The van der Waals surface area contributed by atoms with Crippen molar-refractivity contribution in [2.24, 2.45) is 0 Å². The number of aromatic nitrogens is 6. The molecule has 0 unspecified atom stereocenters. The van der Waals surface area contributed by atoms with Gasteiger partial charge < -0.3 is 9.84 Å². The van der Waals surface area contributed by atoms with Crippen molar-refractivity contribution >= 4 is 17.5 Å². The van der Waals surface area contributed by atoms with Gasteiger partial charge in [0.05, 0.1) is 0 Å². The third-order valence-corrected chi connectivity index (χ3v) is 3.26. The molecular weight excluding hydrogens is 322 g/mol. The maximum Gasteiger partial charge on any atom is 0.242 e. The van der Waals surface area contributed by atoms with Gasteiger partial charge in [-0.2, -0.15) is 4.98 Å². The van der Waals surface area contributed by atoms with Crippen molar-refractivity contribution in [2.75, 3.05) is 0 Å². The van der Waals surface area contributed by atoms with Crippen molar-refractivity contribution in [3.63, 3.8) is 0 Å². The average molecular weight is 334 g/mol. The van der Waals surface area contributed by atoms with Gasteiger partial charge in [-0.15, -0.1) is 5.10 Å². The fourth-order valence-corrected chi connectivity index (χ4v) is 2.12. The Morgan fingerprint density at radius 2 is 2.17 bits per heavy atom. The second-order valence-corrected chi connectivity index (χ2v) is 5.17. The molecule has 3 rings (SSSR count). The van der Waals surface area contributed by atoms with E-state index in [0.29, 0.717) is 16.7 Å². The van der Waals surface area contributed by atoms with Crippen LogP contribution in [0.5, 0.6) is 0 Å². The first-order valence-corrected chi connectivity index (χ1v) is 7.05. The molecule has 0 bridgehead atoms. The number of rotatable bonds is 5. The topological polar surface area (TPSA) is 112 Å². The fraction of sp³-hybridized carbons (Fsp3) is 0.231. The molecule has 1 aromatic carbocycles. The minimum Gasteiger partial charge on any atom is -0.340 e. The Morgan fingerprint density at radius 1 is 1.39 bits per heavy atom. The Kier molecular flexibility index (Phi) is 4.29. The largest absolute Gasteiger partial charge is 0.340 e. The van der Waals surface area contributed by atoms with E-state index in [4.69, 9.17) is 16.1 Å². The van der Waals surface area contributed by atoms with Crippen LogP contribution in [0.3, 0.4) is 0 Å². The van der Waals surface area contributed by atoms with Gasteiger partial charge in [0.2, 0.25) is 11.8 Å². The van der Waals surface area contributed by atoms with E-state index in [9.17, 15) is 4.79 Å². The van der Waals surface area contributed by atoms with Crippen LogP contribution in [0.1, 0.15) is 23.3 Å². The van der Waals surface area contributed by atoms with Gasteiger partial charge in [-0.3, -0.25) is 4.79 Å². The van der Waals surface area contributed by atoms with Crippen molar-refractivity contribution < 1.29 is 9.32 Å². The van der Waals surface area contributed by atoms with Crippen molar-refractivity contribution in [2.45, 2.75) is 19.5 Å². The smallest absolute Gasteiger partial charge is 0.242 e. The molecule has 0 saturated carbocycles. The molecule has 23 heavy (non-hydrogen) atoms. The van der Waals surface area contributed by atoms with Crippen LogP contribution in [0, 0.1) is 6.92 Å². The lowest BCUT2D eigenvalue weighted by atomic mass is 10.1. The van der Waals surface area contributed by atoms with Crippen LogP contribution >= 0.6 is 11.6 Å². The van der Waals surface area contributed by atoms with Crippen LogP contribution in [-0.4, -0.2) is 36.3 Å². The predicted molar refractivity (Wildman–Crippen MR) is 78.3 cm³/mol. The molecule has 0 aliphatic heterocycles. The third kappa shape index (κ3) is 3.69. The molecule has 2 heterocycles. The van der Waals surface area contributed by atoms with Gasteiger partial charge >= 0.3 is 0 Å². The minimum absolute atomic E-state index is 0.0199. The standard InChI is InChI=1S/C13H12ClN7O2/c1-8-16-13(18-23-8)12(9-2-4-10(14)5-3-9)17-11(22)6-21-7-15-19-20-21/h2-5,7,12H,6H2,1H3,(H,17,22)/t12-/m1/s1. The Hall–Kier alpha value is -2.81. The highest BCUT2D eigenvalue weighted by Gasteiger charge is 2.22. The molecule has 10 heteroatoms. The Bertz CT molecular complexity index is 785. The minimum atomic E-state index is -0.561. The number of carbonyl (C=O) groups excluding carboxylic acids is 1. The monoisotopic (exact) mass is 333 g/mol. The number of nitrogens with zero attached hydrogens (tertiary/aromatic N) is 6. The molecule has 3 aromatic rings. The number of hydrogen-bond donors (Lipinski definition) is 1. The van der Waals surface area contributed by atoms with Crippen LogP contribution in [-0.2, 0) is 11.3 Å². The average Bonchev–Trinajstić information content (AvgIpc) is 3.17. The summed E-state index contributed by atoms with van der Waals surface area (Å²) in [5, 5.41) is 17.9. The normalized spacial score (nSPS) is 12.1. The van der Waals surface area contributed by atoms with E-state index < -0.39 is 6.04 Å². The number of carbonyl (C=O) groups is 1. The molecule has 1 N–H and O–H groups in total. The van der Waals surface area contributed by atoms with Gasteiger partial charge in [0, 0.05) is 11.9 Å². The lowest BCUT2D eigenvalue weighted by molar-refractivity contribution is -0.122. The van der Waals surface area contributed by atoms with Crippen LogP contribution < -0.4 is 5.32 Å². The number of tetrazole rings is 1. The molecule has 0 aliphatic carbocycles. The van der Waals surface area contributed by atoms with Crippen molar-refractivity contribution in [3.05, 3.63) is 52.9 Å². The third-order valence-electron chi connectivity index (χ3n) is 3.01. The molecular formula is C13H12ClN7O2. The van der Waals surface area contributed by atoms with E-state index in [1.165, 1.54) is 11.0 Å². The zero-order valence-electron chi connectivity index (χ0n) is 12.0. The summed E-state index contributed by atoms with van der Waals surface area (Å²) in [5.74, 6) is 0.475. The van der Waals surface area contributed by atoms with Gasteiger partial charge in [-0.1, -0.05) is 28.9 Å². The van der Waals surface area contributed by atoms with Gasteiger partial charge in [-0.05, 0) is 28.1 Å².